The van der Waals surface area contributed by atoms with Crippen LogP contribution in [-0.4, -0.2) is 45.1 Å². The molecule has 0 saturated heterocycles. The van der Waals surface area contributed by atoms with Gasteiger partial charge in [0.05, 0.1) is 12.2 Å². The molecule has 182 valence electrons. The van der Waals surface area contributed by atoms with Gasteiger partial charge in [0.25, 0.3) is 5.91 Å². The second-order valence-corrected chi connectivity index (χ2v) is 9.71. The van der Waals surface area contributed by atoms with Crippen molar-refractivity contribution in [3.8, 4) is 10.6 Å². The smallest absolute Gasteiger partial charge is 0.384 e. The number of aromatic nitrogens is 2. The zero-order valence-electron chi connectivity index (χ0n) is 17.7. The molecule has 3 atom stereocenters. The molecule has 3 aromatic rings. The highest BCUT2D eigenvalue weighted by Crippen LogP contribution is 2.28. The van der Waals surface area contributed by atoms with Gasteiger partial charge < -0.3 is 15.7 Å². The van der Waals surface area contributed by atoms with Gasteiger partial charge in [-0.3, -0.25) is 9.59 Å². The van der Waals surface area contributed by atoms with Crippen molar-refractivity contribution >= 4 is 46.1 Å². The molecule has 0 saturated carbocycles. The fourth-order valence-corrected chi connectivity index (χ4v) is 4.56. The Morgan fingerprint density at radius 2 is 1.88 bits per heavy atom. The van der Waals surface area contributed by atoms with E-state index in [2.05, 4.69) is 20.6 Å². The molecule has 7 nitrogen and oxygen atoms in total. The number of amides is 2. The summed E-state index contributed by atoms with van der Waals surface area (Å²) in [7, 11) is 0. The van der Waals surface area contributed by atoms with E-state index in [1.807, 2.05) is 0 Å². The Hall–Kier alpha value is -2.54. The van der Waals surface area contributed by atoms with E-state index in [-0.39, 0.29) is 9.88 Å². The number of halogens is 4. The molecule has 1 unspecified atom stereocenters. The Morgan fingerprint density at radius 3 is 2.50 bits per heavy atom. The molecule has 2 heterocycles. The highest BCUT2D eigenvalue weighted by molar-refractivity contribution is 7.16. The number of carbonyl (C=O) groups excluding carboxylic acids is 2. The summed E-state index contributed by atoms with van der Waals surface area (Å²) >= 11 is 8.05. The molecule has 13 heteroatoms. The van der Waals surface area contributed by atoms with E-state index < -0.39 is 49.0 Å². The summed E-state index contributed by atoms with van der Waals surface area (Å²) in [5.74, 6) is -1.30. The first-order chi connectivity index (χ1) is 16.0. The second kappa shape index (κ2) is 11.3. The van der Waals surface area contributed by atoms with Crippen molar-refractivity contribution in [3.63, 3.8) is 0 Å². The number of hydrogen-bond donors (Lipinski definition) is 3. The van der Waals surface area contributed by atoms with Gasteiger partial charge in [-0.15, -0.1) is 22.7 Å². The standard InChI is InChI=1S/C21H20ClF3N4O3S2/c1-11(28-18(32)15-10-27-19(34-15)12-2-4-13(22)5-3-12)17(31)29-14(6-7-21(23,24)25)16(30)20-26-8-9-33-20/h2-5,8-11,14,16,30H,6-7H2,1H3,(H,28,32)(H,29,31)/t11-,14-,16?/m0/s1. The first kappa shape index (κ1) is 26.1. The number of benzene rings is 1. The third kappa shape index (κ3) is 7.23. The number of aliphatic hydroxyl groups excluding tert-OH is 1. The molecule has 2 aromatic heterocycles. The topological polar surface area (TPSA) is 104 Å². The van der Waals surface area contributed by atoms with Crippen LogP contribution in [0.25, 0.3) is 10.6 Å². The molecule has 0 spiro atoms. The SMILES string of the molecule is C[C@H](NC(=O)c1cnc(-c2ccc(Cl)cc2)s1)C(=O)N[C@@H](CCC(F)(F)F)C(O)c1nccs1. The van der Waals surface area contributed by atoms with E-state index in [1.165, 1.54) is 19.3 Å². The van der Waals surface area contributed by atoms with Crippen molar-refractivity contribution in [2.45, 2.75) is 44.1 Å². The summed E-state index contributed by atoms with van der Waals surface area (Å²) in [5.41, 5.74) is 0.767. The maximum absolute atomic E-state index is 12.7. The van der Waals surface area contributed by atoms with Crippen molar-refractivity contribution in [1.29, 1.82) is 0 Å². The first-order valence-corrected chi connectivity index (χ1v) is 12.1. The molecular formula is C21H20ClF3N4O3S2. The predicted octanol–water partition coefficient (Wildman–Crippen LogP) is 4.60. The van der Waals surface area contributed by atoms with Crippen LogP contribution in [0.4, 0.5) is 13.2 Å². The minimum atomic E-state index is -4.46. The highest BCUT2D eigenvalue weighted by Gasteiger charge is 2.33. The Bertz CT molecular complexity index is 1110. The van der Waals surface area contributed by atoms with Gasteiger partial charge in [0.1, 0.15) is 27.0 Å². The third-order valence-corrected chi connectivity index (χ3v) is 6.86. The predicted molar refractivity (Wildman–Crippen MR) is 124 cm³/mol. The lowest BCUT2D eigenvalue weighted by atomic mass is 10.0. The molecule has 0 bridgehead atoms. The van der Waals surface area contributed by atoms with Crippen LogP contribution in [0.5, 0.6) is 0 Å². The first-order valence-electron chi connectivity index (χ1n) is 10.0. The minimum Gasteiger partial charge on any atom is -0.384 e. The van der Waals surface area contributed by atoms with Crippen molar-refractivity contribution < 1.29 is 27.9 Å². The van der Waals surface area contributed by atoms with Crippen LogP contribution in [0.2, 0.25) is 5.02 Å². The van der Waals surface area contributed by atoms with Gasteiger partial charge in [-0.1, -0.05) is 23.7 Å². The minimum absolute atomic E-state index is 0.184. The summed E-state index contributed by atoms with van der Waals surface area (Å²) in [6, 6.07) is 4.59. The molecule has 0 aliphatic carbocycles. The number of aliphatic hydroxyl groups is 1. The van der Waals surface area contributed by atoms with Crippen molar-refractivity contribution in [2.75, 3.05) is 0 Å². The van der Waals surface area contributed by atoms with Gasteiger partial charge in [0, 0.05) is 28.6 Å². The van der Waals surface area contributed by atoms with Gasteiger partial charge in [-0.05, 0) is 25.5 Å². The number of thiazole rings is 2. The normalized spacial score (nSPS) is 14.3. The average Bonchev–Trinajstić information content (AvgIpc) is 3.48. The zero-order valence-corrected chi connectivity index (χ0v) is 20.1. The van der Waals surface area contributed by atoms with E-state index in [9.17, 15) is 27.9 Å². The molecule has 0 aliphatic rings. The van der Waals surface area contributed by atoms with Crippen LogP contribution in [0.15, 0.2) is 42.0 Å². The molecule has 0 aliphatic heterocycles. The maximum Gasteiger partial charge on any atom is 0.389 e. The lowest BCUT2D eigenvalue weighted by Crippen LogP contribution is -2.49. The van der Waals surface area contributed by atoms with Crippen LogP contribution in [0.3, 0.4) is 0 Å². The summed E-state index contributed by atoms with van der Waals surface area (Å²) < 4.78 is 38.2. The molecule has 3 rings (SSSR count). The van der Waals surface area contributed by atoms with E-state index >= 15 is 0 Å². The molecule has 34 heavy (non-hydrogen) atoms. The van der Waals surface area contributed by atoms with E-state index in [0.29, 0.717) is 10.0 Å². The Balaban J connectivity index is 1.63. The summed E-state index contributed by atoms with van der Waals surface area (Å²) in [5, 5.41) is 18.3. The van der Waals surface area contributed by atoms with Crippen LogP contribution >= 0.6 is 34.3 Å². The molecule has 3 N–H and O–H groups in total. The average molecular weight is 533 g/mol. The summed E-state index contributed by atoms with van der Waals surface area (Å²) in [4.78, 5) is 33.6. The number of nitrogens with one attached hydrogen (secondary N) is 2. The third-order valence-electron chi connectivity index (χ3n) is 4.71. The summed E-state index contributed by atoms with van der Waals surface area (Å²) in [6.45, 7) is 1.39. The fourth-order valence-electron chi connectivity index (χ4n) is 2.93. The largest absolute Gasteiger partial charge is 0.389 e. The number of carbonyl (C=O) groups is 2. The molecular weight excluding hydrogens is 513 g/mol. The second-order valence-electron chi connectivity index (χ2n) is 7.32. The van der Waals surface area contributed by atoms with Crippen LogP contribution in [-0.2, 0) is 4.79 Å². The summed E-state index contributed by atoms with van der Waals surface area (Å²) in [6.07, 6.45) is -4.85. The number of alkyl halides is 3. The van der Waals surface area contributed by atoms with Crippen LogP contribution < -0.4 is 10.6 Å². The molecule has 2 amide bonds. The van der Waals surface area contributed by atoms with Crippen molar-refractivity contribution in [3.05, 3.63) is 56.9 Å². The Kier molecular flexibility index (Phi) is 8.63. The maximum atomic E-state index is 12.7. The van der Waals surface area contributed by atoms with Crippen LogP contribution in [0.1, 0.15) is 40.5 Å². The molecule has 0 radical (unpaired) electrons. The Morgan fingerprint density at radius 1 is 1.18 bits per heavy atom. The van der Waals surface area contributed by atoms with Crippen LogP contribution in [0, 0.1) is 0 Å². The van der Waals surface area contributed by atoms with Crippen molar-refractivity contribution in [2.24, 2.45) is 0 Å². The van der Waals surface area contributed by atoms with Gasteiger partial charge in [-0.2, -0.15) is 13.2 Å². The highest BCUT2D eigenvalue weighted by atomic mass is 35.5. The molecule has 1 aromatic carbocycles. The number of rotatable bonds is 9. The zero-order chi connectivity index (χ0) is 24.9. The lowest BCUT2D eigenvalue weighted by Gasteiger charge is -2.25. The van der Waals surface area contributed by atoms with E-state index in [1.54, 1.807) is 29.6 Å². The van der Waals surface area contributed by atoms with Crippen molar-refractivity contribution in [1.82, 2.24) is 20.6 Å². The monoisotopic (exact) mass is 532 g/mol. The quantitative estimate of drug-likeness (QED) is 0.374. The van der Waals surface area contributed by atoms with E-state index in [0.717, 1.165) is 28.2 Å². The fraction of sp³-hybridized carbons (Fsp3) is 0.333. The number of hydrogen-bond acceptors (Lipinski definition) is 7. The van der Waals surface area contributed by atoms with Gasteiger partial charge >= 0.3 is 6.18 Å². The molecule has 0 fully saturated rings. The Labute approximate surface area is 206 Å². The lowest BCUT2D eigenvalue weighted by molar-refractivity contribution is -0.140. The van der Waals surface area contributed by atoms with Gasteiger partial charge in [-0.25, -0.2) is 9.97 Å². The van der Waals surface area contributed by atoms with Gasteiger partial charge in [0.2, 0.25) is 5.91 Å². The van der Waals surface area contributed by atoms with E-state index in [4.69, 9.17) is 11.6 Å². The number of nitrogens with zero attached hydrogens (tertiary/aromatic N) is 2. The van der Waals surface area contributed by atoms with Gasteiger partial charge in [0.15, 0.2) is 0 Å².